The maximum absolute atomic E-state index is 6.01. The molecule has 0 saturated heterocycles. The highest BCUT2D eigenvalue weighted by molar-refractivity contribution is 4.86. The van der Waals surface area contributed by atoms with E-state index in [4.69, 9.17) is 5.73 Å². The molecule has 0 bridgehead atoms. The van der Waals surface area contributed by atoms with Gasteiger partial charge in [0, 0.05) is 6.04 Å². The lowest BCUT2D eigenvalue weighted by Crippen LogP contribution is -2.38. The van der Waals surface area contributed by atoms with Crippen LogP contribution in [0.4, 0.5) is 0 Å². The van der Waals surface area contributed by atoms with Gasteiger partial charge in [-0.05, 0) is 30.6 Å². The molecule has 1 rings (SSSR count). The van der Waals surface area contributed by atoms with Crippen molar-refractivity contribution >= 4 is 0 Å². The van der Waals surface area contributed by atoms with Crippen LogP contribution in [0.5, 0.6) is 0 Å². The molecular weight excluding hydrogens is 134 g/mol. The Hall–Kier alpha value is -0.0400. The third kappa shape index (κ3) is 2.19. The summed E-state index contributed by atoms with van der Waals surface area (Å²) in [4.78, 5) is 0. The van der Waals surface area contributed by atoms with Crippen molar-refractivity contribution in [3.63, 3.8) is 0 Å². The lowest BCUT2D eigenvalue weighted by Gasteiger charge is -2.38. The highest BCUT2D eigenvalue weighted by Gasteiger charge is 2.31. The van der Waals surface area contributed by atoms with Crippen LogP contribution in [0.2, 0.25) is 0 Å². The fraction of sp³-hybridized carbons (Fsp3) is 1.00. The average molecular weight is 155 g/mol. The minimum Gasteiger partial charge on any atom is -0.327 e. The van der Waals surface area contributed by atoms with Crippen LogP contribution in [0, 0.1) is 11.3 Å². The Balaban J connectivity index is 2.51. The van der Waals surface area contributed by atoms with Crippen molar-refractivity contribution in [3.05, 3.63) is 0 Å². The maximum Gasteiger partial charge on any atom is 0.00674 e. The minimum atomic E-state index is 0.480. The molecule has 2 N–H and O–H groups in total. The molecule has 0 radical (unpaired) electrons. The molecule has 0 aromatic rings. The number of hydrogen-bond acceptors (Lipinski definition) is 1. The van der Waals surface area contributed by atoms with Gasteiger partial charge in [0.1, 0.15) is 0 Å². The zero-order valence-electron chi connectivity index (χ0n) is 8.06. The van der Waals surface area contributed by atoms with Crippen LogP contribution >= 0.6 is 0 Å². The van der Waals surface area contributed by atoms with E-state index in [1.165, 1.54) is 25.7 Å². The summed E-state index contributed by atoms with van der Waals surface area (Å²) in [6, 6.07) is 0.480. The topological polar surface area (TPSA) is 26.0 Å². The van der Waals surface area contributed by atoms with Crippen molar-refractivity contribution in [2.75, 3.05) is 0 Å². The second-order valence-corrected chi connectivity index (χ2v) is 4.74. The summed E-state index contributed by atoms with van der Waals surface area (Å²) in [6.07, 6.45) is 5.12. The molecular formula is C10H21N. The maximum atomic E-state index is 6.01. The molecule has 0 aromatic carbocycles. The molecule has 2 atom stereocenters. The Morgan fingerprint density at radius 3 is 2.55 bits per heavy atom. The standard InChI is InChI=1S/C10H21N/c1-4-8-7-10(2,3)6-5-9(8)11/h8-9H,4-7,11H2,1-3H3. The molecule has 0 spiro atoms. The second-order valence-electron chi connectivity index (χ2n) is 4.74. The first-order chi connectivity index (χ1) is 5.05. The van der Waals surface area contributed by atoms with Gasteiger partial charge in [0.2, 0.25) is 0 Å². The first-order valence-electron chi connectivity index (χ1n) is 4.81. The highest BCUT2D eigenvalue weighted by atomic mass is 14.7. The lowest BCUT2D eigenvalue weighted by molar-refractivity contribution is 0.154. The summed E-state index contributed by atoms with van der Waals surface area (Å²) in [5.74, 6) is 0.777. The van der Waals surface area contributed by atoms with Gasteiger partial charge in [0.15, 0.2) is 0 Å². The third-order valence-electron chi connectivity index (χ3n) is 3.10. The van der Waals surface area contributed by atoms with Gasteiger partial charge >= 0.3 is 0 Å². The summed E-state index contributed by atoms with van der Waals surface area (Å²) in [5, 5.41) is 0. The Morgan fingerprint density at radius 2 is 2.09 bits per heavy atom. The first-order valence-corrected chi connectivity index (χ1v) is 4.81. The van der Waals surface area contributed by atoms with E-state index in [1.807, 2.05) is 0 Å². The van der Waals surface area contributed by atoms with Crippen LogP contribution < -0.4 is 5.73 Å². The van der Waals surface area contributed by atoms with Gasteiger partial charge in [-0.3, -0.25) is 0 Å². The van der Waals surface area contributed by atoms with Crippen molar-refractivity contribution < 1.29 is 0 Å². The van der Waals surface area contributed by atoms with E-state index in [2.05, 4.69) is 20.8 Å². The Kier molecular flexibility index (Phi) is 2.58. The fourth-order valence-corrected chi connectivity index (χ4v) is 2.20. The van der Waals surface area contributed by atoms with Gasteiger partial charge in [-0.2, -0.15) is 0 Å². The van der Waals surface area contributed by atoms with Gasteiger partial charge in [-0.1, -0.05) is 27.2 Å². The summed E-state index contributed by atoms with van der Waals surface area (Å²) >= 11 is 0. The van der Waals surface area contributed by atoms with Crippen LogP contribution in [0.3, 0.4) is 0 Å². The monoisotopic (exact) mass is 155 g/mol. The molecule has 1 nitrogen and oxygen atoms in total. The first kappa shape index (κ1) is 9.05. The molecule has 2 unspecified atom stereocenters. The van der Waals surface area contributed by atoms with Crippen LogP contribution in [0.15, 0.2) is 0 Å². The average Bonchev–Trinajstić information content (AvgIpc) is 1.94. The second kappa shape index (κ2) is 3.14. The van der Waals surface area contributed by atoms with Crippen LogP contribution in [0.25, 0.3) is 0 Å². The molecule has 0 aromatic heterocycles. The number of hydrogen-bond donors (Lipinski definition) is 1. The quantitative estimate of drug-likeness (QED) is 0.618. The van der Waals surface area contributed by atoms with E-state index in [1.54, 1.807) is 0 Å². The fourth-order valence-electron chi connectivity index (χ4n) is 2.20. The summed E-state index contributed by atoms with van der Waals surface area (Å²) in [6.45, 7) is 6.98. The minimum absolute atomic E-state index is 0.480. The molecule has 1 fully saturated rings. The van der Waals surface area contributed by atoms with Gasteiger partial charge in [0.05, 0.1) is 0 Å². The molecule has 1 aliphatic carbocycles. The van der Waals surface area contributed by atoms with E-state index in [0.29, 0.717) is 11.5 Å². The number of nitrogens with two attached hydrogens (primary N) is 1. The molecule has 11 heavy (non-hydrogen) atoms. The SMILES string of the molecule is CCC1CC(C)(C)CCC1N. The smallest absolute Gasteiger partial charge is 0.00674 e. The Labute approximate surface area is 70.4 Å². The van der Waals surface area contributed by atoms with Crippen LogP contribution in [-0.2, 0) is 0 Å². The number of rotatable bonds is 1. The molecule has 1 heteroatoms. The van der Waals surface area contributed by atoms with Gasteiger partial charge in [-0.25, -0.2) is 0 Å². The summed E-state index contributed by atoms with van der Waals surface area (Å²) < 4.78 is 0. The van der Waals surface area contributed by atoms with E-state index < -0.39 is 0 Å². The highest BCUT2D eigenvalue weighted by Crippen LogP contribution is 2.39. The largest absolute Gasteiger partial charge is 0.327 e. The predicted molar refractivity (Wildman–Crippen MR) is 49.4 cm³/mol. The summed E-state index contributed by atoms with van der Waals surface area (Å²) in [5.41, 5.74) is 6.56. The van der Waals surface area contributed by atoms with Crippen molar-refractivity contribution in [1.82, 2.24) is 0 Å². The van der Waals surface area contributed by atoms with Crippen LogP contribution in [0.1, 0.15) is 46.5 Å². The Morgan fingerprint density at radius 1 is 1.45 bits per heavy atom. The molecule has 0 amide bonds. The molecule has 66 valence electrons. The predicted octanol–water partition coefficient (Wildman–Crippen LogP) is 2.55. The van der Waals surface area contributed by atoms with Crippen molar-refractivity contribution in [2.45, 2.75) is 52.5 Å². The van der Waals surface area contributed by atoms with E-state index in [0.717, 1.165) is 5.92 Å². The zero-order valence-corrected chi connectivity index (χ0v) is 8.06. The van der Waals surface area contributed by atoms with E-state index in [9.17, 15) is 0 Å². The molecule has 1 saturated carbocycles. The third-order valence-corrected chi connectivity index (χ3v) is 3.10. The molecule has 1 aliphatic rings. The van der Waals surface area contributed by atoms with Crippen molar-refractivity contribution in [2.24, 2.45) is 17.1 Å². The summed E-state index contributed by atoms with van der Waals surface area (Å²) in [7, 11) is 0. The lowest BCUT2D eigenvalue weighted by atomic mass is 9.69. The van der Waals surface area contributed by atoms with Gasteiger partial charge in [0.25, 0.3) is 0 Å². The van der Waals surface area contributed by atoms with Crippen molar-refractivity contribution in [3.8, 4) is 0 Å². The van der Waals surface area contributed by atoms with Crippen molar-refractivity contribution in [1.29, 1.82) is 0 Å². The Bertz CT molecular complexity index is 129. The zero-order chi connectivity index (χ0) is 8.48. The van der Waals surface area contributed by atoms with Crippen LogP contribution in [-0.4, -0.2) is 6.04 Å². The van der Waals surface area contributed by atoms with E-state index >= 15 is 0 Å². The molecule has 0 aliphatic heterocycles. The van der Waals surface area contributed by atoms with E-state index in [-0.39, 0.29) is 0 Å². The van der Waals surface area contributed by atoms with Gasteiger partial charge < -0.3 is 5.73 Å². The normalized spacial score (nSPS) is 37.1. The molecule has 0 heterocycles. The van der Waals surface area contributed by atoms with Gasteiger partial charge in [-0.15, -0.1) is 0 Å².